The van der Waals surface area contributed by atoms with Crippen LogP contribution < -0.4 is 54.4 Å². The highest BCUT2D eigenvalue weighted by Crippen LogP contribution is 2.26. The number of nitrogens with two attached hydrogens (primary N) is 3. The van der Waals surface area contributed by atoms with E-state index in [0.717, 1.165) is 21.6 Å². The number of carbonyl (C=O) groups is 11. The molecule has 0 bridgehead atoms. The van der Waals surface area contributed by atoms with E-state index in [2.05, 4.69) is 37.2 Å². The van der Waals surface area contributed by atoms with Crippen LogP contribution in [-0.2, 0) is 59.2 Å². The first kappa shape index (κ1) is 57.2. The van der Waals surface area contributed by atoms with Crippen LogP contribution in [-0.4, -0.2) is 153 Å². The van der Waals surface area contributed by atoms with Gasteiger partial charge in [0.05, 0.1) is 19.0 Å². The Morgan fingerprint density at radius 3 is 2.03 bits per heavy atom. The van der Waals surface area contributed by atoms with Crippen LogP contribution in [0, 0.1) is 11.8 Å². The number of benzene rings is 1. The van der Waals surface area contributed by atoms with Crippen LogP contribution in [0.2, 0.25) is 0 Å². The van der Waals surface area contributed by atoms with Gasteiger partial charge < -0.3 is 69.5 Å². The highest BCUT2D eigenvalue weighted by atomic mass is 33.1. The van der Waals surface area contributed by atoms with Crippen LogP contribution in [0.3, 0.4) is 0 Å². The molecule has 0 radical (unpaired) electrons. The fourth-order valence-corrected chi connectivity index (χ4v) is 9.59. The fourth-order valence-electron chi connectivity index (χ4n) is 7.32. The monoisotopic (exact) mass is 1010 g/mol. The lowest BCUT2D eigenvalue weighted by atomic mass is 9.96. The number of aromatic hydroxyl groups is 1. The predicted molar refractivity (Wildman–Crippen MR) is 253 cm³/mol. The Labute approximate surface area is 407 Å². The van der Waals surface area contributed by atoms with Crippen molar-refractivity contribution in [3.63, 3.8) is 0 Å². The maximum Gasteiger partial charge on any atom is 0.305 e. The molecule has 10 amide bonds. The van der Waals surface area contributed by atoms with Crippen molar-refractivity contribution in [2.24, 2.45) is 29.0 Å². The highest BCUT2D eigenvalue weighted by molar-refractivity contribution is 8.76. The topological polar surface area (TPSA) is 394 Å². The third kappa shape index (κ3) is 18.7. The van der Waals surface area contributed by atoms with Gasteiger partial charge >= 0.3 is 5.97 Å². The number of nitrogens with one attached hydrogen (secondary N) is 7. The van der Waals surface area contributed by atoms with Gasteiger partial charge in [0.1, 0.15) is 48.0 Å². The number of hydrogen-bond donors (Lipinski definition) is 12. The van der Waals surface area contributed by atoms with Crippen molar-refractivity contribution < 1.29 is 63.0 Å². The normalized spacial score (nSPS) is 24.3. The number of amides is 10. The maximum atomic E-state index is 14.5. The quantitative estimate of drug-likeness (QED) is 0.0692. The number of carbonyl (C=O) groups excluding carboxylic acids is 10. The lowest BCUT2D eigenvalue weighted by Gasteiger charge is -2.31. The minimum absolute atomic E-state index is 0.0297. The van der Waals surface area contributed by atoms with Gasteiger partial charge in [0.15, 0.2) is 0 Å². The molecule has 0 aromatic heterocycles. The molecule has 26 heteroatoms. The molecule has 3 rings (SSSR count). The highest BCUT2D eigenvalue weighted by Gasteiger charge is 2.41. The standard InChI is InChI=1S/C43H65N11O13S2/c1-5-22(4)35-42(66)48-26(12-13-32(45)56)38(62)50-29(17-34(58)59)39(63)52-30(20-69-68-19-25(44)36(60)49-28(40(64)53-35)16-23-8-10-24(55)11-9-23)43(67)54-14-6-7-31(54)41(65)51-27(15-21(2)3)37(61)47-18-33(46)57/h8-11,21-22,25-31,35,55H,5-7,12-20,44H2,1-4H3,(H2,45,56)(H2,46,57)(H,47,61)(H,48,66)(H,49,60)(H,50,62)(H,51,65)(H,52,63)(H,53,64)(H,58,59)/t22-,25-,26-,27-,28-,29-,30-,31-,35-/m0/s1. The smallest absolute Gasteiger partial charge is 0.305 e. The van der Waals surface area contributed by atoms with Gasteiger partial charge in [-0.1, -0.05) is 67.8 Å². The van der Waals surface area contributed by atoms with Crippen molar-refractivity contribution in [3.05, 3.63) is 29.8 Å². The summed E-state index contributed by atoms with van der Waals surface area (Å²) in [5, 5.41) is 37.3. The largest absolute Gasteiger partial charge is 0.508 e. The zero-order valence-electron chi connectivity index (χ0n) is 38.9. The second-order valence-corrected chi connectivity index (χ2v) is 19.9. The van der Waals surface area contributed by atoms with E-state index in [4.69, 9.17) is 17.2 Å². The Morgan fingerprint density at radius 1 is 0.812 bits per heavy atom. The number of hydrogen-bond acceptors (Lipinski definition) is 15. The number of phenols is 1. The van der Waals surface area contributed by atoms with E-state index in [1.54, 1.807) is 27.7 Å². The molecule has 69 heavy (non-hydrogen) atoms. The molecular formula is C43H65N11O13S2. The van der Waals surface area contributed by atoms with Crippen LogP contribution in [0.1, 0.15) is 78.2 Å². The molecule has 9 atom stereocenters. The minimum atomic E-state index is -1.88. The van der Waals surface area contributed by atoms with Gasteiger partial charge in [-0.05, 0) is 55.2 Å². The molecule has 15 N–H and O–H groups in total. The van der Waals surface area contributed by atoms with E-state index in [-0.39, 0.29) is 49.0 Å². The molecule has 1 aromatic rings. The Kier molecular flexibility index (Phi) is 23.0. The van der Waals surface area contributed by atoms with Crippen molar-refractivity contribution in [2.75, 3.05) is 24.6 Å². The third-order valence-corrected chi connectivity index (χ3v) is 13.7. The van der Waals surface area contributed by atoms with E-state index in [0.29, 0.717) is 18.4 Å². The van der Waals surface area contributed by atoms with Crippen molar-refractivity contribution in [3.8, 4) is 5.75 Å². The Hall–Kier alpha value is -6.15. The summed E-state index contributed by atoms with van der Waals surface area (Å²) in [4.78, 5) is 148. The van der Waals surface area contributed by atoms with Crippen LogP contribution >= 0.6 is 21.6 Å². The van der Waals surface area contributed by atoms with E-state index in [9.17, 15) is 63.0 Å². The first-order chi connectivity index (χ1) is 32.5. The van der Waals surface area contributed by atoms with Gasteiger partial charge in [-0.2, -0.15) is 0 Å². The molecule has 2 saturated heterocycles. The van der Waals surface area contributed by atoms with E-state index >= 15 is 0 Å². The first-order valence-corrected chi connectivity index (χ1v) is 25.0. The lowest BCUT2D eigenvalue weighted by molar-refractivity contribution is -0.143. The van der Waals surface area contributed by atoms with Gasteiger partial charge in [-0.25, -0.2) is 0 Å². The lowest BCUT2D eigenvalue weighted by Crippen LogP contribution is -2.61. The van der Waals surface area contributed by atoms with Gasteiger partial charge in [-0.15, -0.1) is 0 Å². The Bertz CT molecular complexity index is 2050. The van der Waals surface area contributed by atoms with E-state index in [1.807, 2.05) is 0 Å². The number of carboxylic acid groups (broad SMARTS) is 1. The van der Waals surface area contributed by atoms with Crippen molar-refractivity contribution in [1.29, 1.82) is 0 Å². The number of rotatable bonds is 17. The summed E-state index contributed by atoms with van der Waals surface area (Å²) in [5.41, 5.74) is 17.4. The molecule has 2 aliphatic heterocycles. The number of aliphatic carboxylic acids is 1. The average molecular weight is 1010 g/mol. The third-order valence-electron chi connectivity index (χ3n) is 11.3. The average Bonchev–Trinajstić information content (AvgIpc) is 3.78. The summed E-state index contributed by atoms with van der Waals surface area (Å²) in [6, 6.07) is -5.36. The summed E-state index contributed by atoms with van der Waals surface area (Å²) < 4.78 is 0. The number of carboxylic acids is 1. The summed E-state index contributed by atoms with van der Waals surface area (Å²) >= 11 is 0. The Balaban J connectivity index is 2.05. The van der Waals surface area contributed by atoms with Crippen molar-refractivity contribution in [2.45, 2.75) is 127 Å². The molecule has 0 saturated carbocycles. The van der Waals surface area contributed by atoms with Gasteiger partial charge in [0.2, 0.25) is 59.1 Å². The molecule has 2 aliphatic rings. The zero-order chi connectivity index (χ0) is 51.5. The van der Waals surface area contributed by atoms with E-state index in [1.165, 1.54) is 29.2 Å². The van der Waals surface area contributed by atoms with Gasteiger partial charge in [0.25, 0.3) is 0 Å². The predicted octanol–water partition coefficient (Wildman–Crippen LogP) is -3.01. The molecule has 2 heterocycles. The maximum absolute atomic E-state index is 14.5. The molecule has 24 nitrogen and oxygen atoms in total. The van der Waals surface area contributed by atoms with Crippen LogP contribution in [0.4, 0.5) is 0 Å². The second kappa shape index (κ2) is 27.7. The molecule has 2 fully saturated rings. The number of primary amides is 2. The van der Waals surface area contributed by atoms with E-state index < -0.39 is 145 Å². The minimum Gasteiger partial charge on any atom is -0.508 e. The van der Waals surface area contributed by atoms with Crippen LogP contribution in [0.15, 0.2) is 24.3 Å². The fraction of sp³-hybridized carbons (Fsp3) is 0.605. The van der Waals surface area contributed by atoms with Crippen molar-refractivity contribution in [1.82, 2.24) is 42.1 Å². The van der Waals surface area contributed by atoms with Gasteiger partial charge in [-0.3, -0.25) is 52.7 Å². The number of likely N-dealkylation sites (tertiary alicyclic amines) is 1. The summed E-state index contributed by atoms with van der Waals surface area (Å²) in [6.07, 6.45) is -1.04. The number of nitrogens with zero attached hydrogens (tertiary/aromatic N) is 1. The molecular weight excluding hydrogens is 943 g/mol. The molecule has 382 valence electrons. The SMILES string of the molecule is CC[C@H](C)[C@@H]1NC(=O)[C@H](Cc2ccc(O)cc2)NC(=O)[C@@H](N)CSSC[C@@H](C(=O)N2CCC[C@H]2C(=O)N[C@@H](CC(C)C)C(=O)NCC(N)=O)NC(=O)[C@H](CC(=O)O)NC(=O)[C@H](CCC(N)=O)NC1=O. The molecule has 0 aliphatic carbocycles. The number of phenolic OH excluding ortho intramolecular Hbond substituents is 1. The van der Waals surface area contributed by atoms with Crippen LogP contribution in [0.25, 0.3) is 0 Å². The zero-order valence-corrected chi connectivity index (χ0v) is 40.6. The Morgan fingerprint density at radius 2 is 1.42 bits per heavy atom. The summed E-state index contributed by atoms with van der Waals surface area (Å²) in [7, 11) is 2.00. The molecule has 1 aromatic carbocycles. The second-order valence-electron chi connectivity index (χ2n) is 17.3. The molecule has 0 spiro atoms. The summed E-state index contributed by atoms with van der Waals surface area (Å²) in [6.45, 7) is 6.53. The first-order valence-electron chi connectivity index (χ1n) is 22.5. The van der Waals surface area contributed by atoms with Crippen LogP contribution in [0.5, 0.6) is 5.75 Å². The summed E-state index contributed by atoms with van der Waals surface area (Å²) in [5.74, 6) is -11.2. The van der Waals surface area contributed by atoms with Crippen molar-refractivity contribution >= 4 is 86.6 Å². The van der Waals surface area contributed by atoms with Gasteiger partial charge in [0, 0.05) is 30.9 Å². The molecule has 0 unspecified atom stereocenters.